The van der Waals surface area contributed by atoms with Gasteiger partial charge in [-0.1, -0.05) is 48.5 Å². The number of halogens is 4. The standard InChI is InChI=1S/C41H43F4N5O6S/c1-2-56-32-15-13-31(14-16-32)50-39(47-36-11-7-6-10-33(36)40(50)52)37(18-19-46-57(53,54)28-29-8-4-3-5-9-29)49(21-20-48-22-24-55-25-23-48)38(51)27-30-12-17-34(35(42)26-30)41(43,44)45/h3-17,26,37,46H,2,18-25,27-28H2,1H3. The number of amides is 1. The molecule has 1 amide bonds. The zero-order valence-corrected chi connectivity index (χ0v) is 32.1. The molecule has 1 aromatic heterocycles. The van der Waals surface area contributed by atoms with Crippen LogP contribution in [-0.4, -0.2) is 86.2 Å². The first-order chi connectivity index (χ1) is 27.3. The number of ether oxygens (including phenoxy) is 2. The van der Waals surface area contributed by atoms with Crippen LogP contribution in [0.5, 0.6) is 5.75 Å². The van der Waals surface area contributed by atoms with Gasteiger partial charge in [0.2, 0.25) is 15.9 Å². The van der Waals surface area contributed by atoms with E-state index >= 15 is 0 Å². The Morgan fingerprint density at radius 1 is 0.965 bits per heavy atom. The smallest absolute Gasteiger partial charge is 0.419 e. The number of sulfonamides is 1. The molecular formula is C41H43F4N5O6S. The lowest BCUT2D eigenvalue weighted by molar-refractivity contribution is -0.140. The van der Waals surface area contributed by atoms with Crippen molar-refractivity contribution < 1.29 is 40.2 Å². The van der Waals surface area contributed by atoms with Crippen LogP contribution < -0.4 is 15.0 Å². The molecule has 1 atom stereocenters. The summed E-state index contributed by atoms with van der Waals surface area (Å²) in [6, 6.07) is 23.3. The van der Waals surface area contributed by atoms with Crippen LogP contribution in [0.2, 0.25) is 0 Å². The van der Waals surface area contributed by atoms with Crippen molar-refractivity contribution in [3.8, 4) is 11.4 Å². The van der Waals surface area contributed by atoms with E-state index in [4.69, 9.17) is 14.5 Å². The highest BCUT2D eigenvalue weighted by Crippen LogP contribution is 2.32. The summed E-state index contributed by atoms with van der Waals surface area (Å²) in [6.45, 7) is 4.54. The first kappa shape index (κ1) is 41.5. The van der Waals surface area contributed by atoms with Crippen LogP contribution in [0, 0.1) is 5.82 Å². The largest absolute Gasteiger partial charge is 0.494 e. The molecule has 0 saturated carbocycles. The van der Waals surface area contributed by atoms with Gasteiger partial charge in [0.1, 0.15) is 17.4 Å². The maximum absolute atomic E-state index is 14.8. The monoisotopic (exact) mass is 809 g/mol. The summed E-state index contributed by atoms with van der Waals surface area (Å²) in [5.74, 6) is -1.74. The summed E-state index contributed by atoms with van der Waals surface area (Å²) in [7, 11) is -3.88. The Kier molecular flexibility index (Phi) is 13.4. The molecule has 1 unspecified atom stereocenters. The molecule has 5 aromatic rings. The molecule has 16 heteroatoms. The van der Waals surface area contributed by atoms with Crippen LogP contribution in [-0.2, 0) is 37.9 Å². The van der Waals surface area contributed by atoms with E-state index in [0.717, 1.165) is 6.07 Å². The van der Waals surface area contributed by atoms with E-state index in [1.165, 1.54) is 9.47 Å². The third-order valence-electron chi connectivity index (χ3n) is 9.60. The molecule has 0 radical (unpaired) electrons. The van der Waals surface area contributed by atoms with Crippen molar-refractivity contribution in [3.05, 3.63) is 136 Å². The Labute approximate surface area is 327 Å². The third kappa shape index (κ3) is 10.6. The summed E-state index contributed by atoms with van der Waals surface area (Å²) < 4.78 is 96.8. The number of fused-ring (bicyclic) bond motifs is 1. The van der Waals surface area contributed by atoms with E-state index in [2.05, 4.69) is 9.62 Å². The summed E-state index contributed by atoms with van der Waals surface area (Å²) in [6.07, 6.45) is -5.48. The molecule has 1 saturated heterocycles. The molecule has 1 aliphatic heterocycles. The minimum Gasteiger partial charge on any atom is -0.494 e. The molecule has 0 bridgehead atoms. The lowest BCUT2D eigenvalue weighted by Gasteiger charge is -2.35. The SMILES string of the molecule is CCOc1ccc(-n2c(C(CCNS(=O)(=O)Cc3ccccc3)N(CCN3CCOCC3)C(=O)Cc3ccc(C(F)(F)F)c(F)c3)nc3ccccc3c2=O)cc1. The molecule has 0 aliphatic carbocycles. The predicted octanol–water partition coefficient (Wildman–Crippen LogP) is 5.90. The van der Waals surface area contributed by atoms with Crippen molar-refractivity contribution in [1.82, 2.24) is 24.1 Å². The summed E-state index contributed by atoms with van der Waals surface area (Å²) in [4.78, 5) is 37.5. The Morgan fingerprint density at radius 3 is 2.35 bits per heavy atom. The third-order valence-corrected chi connectivity index (χ3v) is 11.0. The number of rotatable bonds is 16. The lowest BCUT2D eigenvalue weighted by atomic mass is 10.0. The van der Waals surface area contributed by atoms with Gasteiger partial charge in [0.05, 0.1) is 60.2 Å². The van der Waals surface area contributed by atoms with Gasteiger partial charge in [-0.25, -0.2) is 22.5 Å². The summed E-state index contributed by atoms with van der Waals surface area (Å²) in [5, 5.41) is 0.295. The van der Waals surface area contributed by atoms with Gasteiger partial charge < -0.3 is 14.4 Å². The molecule has 6 rings (SSSR count). The topological polar surface area (TPSA) is 123 Å². The van der Waals surface area contributed by atoms with E-state index in [1.807, 2.05) is 6.92 Å². The van der Waals surface area contributed by atoms with Crippen LogP contribution in [0.3, 0.4) is 0 Å². The highest BCUT2D eigenvalue weighted by Gasteiger charge is 2.35. The summed E-state index contributed by atoms with van der Waals surface area (Å²) >= 11 is 0. The number of hydrogen-bond acceptors (Lipinski definition) is 8. The molecule has 11 nitrogen and oxygen atoms in total. The molecule has 2 heterocycles. The Hall–Kier alpha value is -5.16. The lowest BCUT2D eigenvalue weighted by Crippen LogP contribution is -2.46. The van der Waals surface area contributed by atoms with E-state index < -0.39 is 51.5 Å². The van der Waals surface area contributed by atoms with Crippen molar-refractivity contribution in [2.75, 3.05) is 52.5 Å². The fourth-order valence-electron chi connectivity index (χ4n) is 6.80. The number of para-hydroxylation sites is 1. The maximum Gasteiger partial charge on any atom is 0.419 e. The van der Waals surface area contributed by atoms with E-state index in [1.54, 1.807) is 78.9 Å². The van der Waals surface area contributed by atoms with Crippen LogP contribution >= 0.6 is 0 Å². The normalized spacial score (nSPS) is 14.4. The first-order valence-corrected chi connectivity index (χ1v) is 20.2. The van der Waals surface area contributed by atoms with Crippen molar-refractivity contribution in [1.29, 1.82) is 0 Å². The number of morpholine rings is 1. The number of nitrogens with zero attached hydrogens (tertiary/aromatic N) is 4. The predicted molar refractivity (Wildman–Crippen MR) is 207 cm³/mol. The summed E-state index contributed by atoms with van der Waals surface area (Å²) in [5.41, 5.74) is -0.604. The molecule has 0 spiro atoms. The highest BCUT2D eigenvalue weighted by atomic mass is 32.2. The zero-order chi connectivity index (χ0) is 40.6. The number of carbonyl (C=O) groups is 1. The Morgan fingerprint density at radius 2 is 1.67 bits per heavy atom. The minimum atomic E-state index is -4.93. The number of benzene rings is 4. The Bertz CT molecular complexity index is 2320. The Balaban J connectivity index is 1.45. The fraction of sp³-hybridized carbons (Fsp3) is 0.341. The molecule has 302 valence electrons. The molecule has 1 N–H and O–H groups in total. The fourth-order valence-corrected chi connectivity index (χ4v) is 7.97. The second-order valence-electron chi connectivity index (χ2n) is 13.5. The molecule has 4 aromatic carbocycles. The van der Waals surface area contributed by atoms with Crippen molar-refractivity contribution >= 4 is 26.8 Å². The van der Waals surface area contributed by atoms with Gasteiger partial charge in [0, 0.05) is 32.7 Å². The average Bonchev–Trinajstić information content (AvgIpc) is 3.18. The second kappa shape index (κ2) is 18.4. The molecular weight excluding hydrogens is 767 g/mol. The van der Waals surface area contributed by atoms with Gasteiger partial charge >= 0.3 is 6.18 Å². The van der Waals surface area contributed by atoms with Gasteiger partial charge in [-0.05, 0) is 73.0 Å². The van der Waals surface area contributed by atoms with Gasteiger partial charge in [0.25, 0.3) is 5.56 Å². The van der Waals surface area contributed by atoms with Crippen LogP contribution in [0.1, 0.15) is 41.9 Å². The number of alkyl halides is 3. The van der Waals surface area contributed by atoms with Gasteiger partial charge in [-0.3, -0.25) is 19.1 Å². The van der Waals surface area contributed by atoms with Crippen LogP contribution in [0.25, 0.3) is 16.6 Å². The van der Waals surface area contributed by atoms with Crippen molar-refractivity contribution in [2.24, 2.45) is 0 Å². The van der Waals surface area contributed by atoms with Gasteiger partial charge in [0.15, 0.2) is 0 Å². The maximum atomic E-state index is 14.8. The number of nitrogens with one attached hydrogen (secondary N) is 1. The number of hydrogen-bond donors (Lipinski definition) is 1. The minimum absolute atomic E-state index is 0.000407. The first-order valence-electron chi connectivity index (χ1n) is 18.5. The average molecular weight is 810 g/mol. The van der Waals surface area contributed by atoms with E-state index in [-0.39, 0.29) is 36.7 Å². The molecule has 1 aliphatic rings. The number of aromatic nitrogens is 2. The second-order valence-corrected chi connectivity index (χ2v) is 15.3. The van der Waals surface area contributed by atoms with Crippen molar-refractivity contribution in [3.63, 3.8) is 0 Å². The molecule has 1 fully saturated rings. The number of carbonyl (C=O) groups excluding carboxylic acids is 1. The van der Waals surface area contributed by atoms with Gasteiger partial charge in [-0.15, -0.1) is 0 Å². The van der Waals surface area contributed by atoms with Gasteiger partial charge in [-0.2, -0.15) is 13.2 Å². The van der Waals surface area contributed by atoms with Crippen molar-refractivity contribution in [2.45, 2.75) is 37.7 Å². The van der Waals surface area contributed by atoms with E-state index in [0.29, 0.717) is 79.5 Å². The quantitative estimate of drug-likeness (QED) is 0.123. The van der Waals surface area contributed by atoms with Crippen LogP contribution in [0.15, 0.2) is 102 Å². The molecule has 57 heavy (non-hydrogen) atoms. The zero-order valence-electron chi connectivity index (χ0n) is 31.3. The van der Waals surface area contributed by atoms with E-state index in [9.17, 15) is 35.6 Å². The highest BCUT2D eigenvalue weighted by molar-refractivity contribution is 7.88. The van der Waals surface area contributed by atoms with Crippen LogP contribution in [0.4, 0.5) is 17.6 Å².